The van der Waals surface area contributed by atoms with Crippen LogP contribution in [0.2, 0.25) is 10.0 Å². The highest BCUT2D eigenvalue weighted by atomic mass is 35.5. The number of fused-ring (bicyclic) bond motifs is 3. The highest BCUT2D eigenvalue weighted by molar-refractivity contribution is 7.00. The third-order valence-electron chi connectivity index (χ3n) is 4.79. The average Bonchev–Trinajstić information content (AvgIpc) is 3.17. The van der Waals surface area contributed by atoms with Gasteiger partial charge in [0.2, 0.25) is 0 Å². The van der Waals surface area contributed by atoms with Crippen LogP contribution in [-0.2, 0) is 0 Å². The van der Waals surface area contributed by atoms with Crippen molar-refractivity contribution in [3.05, 3.63) is 28.3 Å². The van der Waals surface area contributed by atoms with Crippen LogP contribution < -0.4 is 5.32 Å². The largest absolute Gasteiger partial charge is 0.379 e. The summed E-state index contributed by atoms with van der Waals surface area (Å²) in [4.78, 5) is 0. The van der Waals surface area contributed by atoms with Crippen LogP contribution in [0.15, 0.2) is 18.2 Å². The fourth-order valence-corrected chi connectivity index (χ4v) is 4.91. The summed E-state index contributed by atoms with van der Waals surface area (Å²) in [5.74, 6) is 2.13. The third kappa shape index (κ3) is 2.24. The topological polar surface area (TPSA) is 37.8 Å². The van der Waals surface area contributed by atoms with E-state index in [1.54, 1.807) is 6.07 Å². The Balaban J connectivity index is 1.65. The molecule has 3 nitrogen and oxygen atoms in total. The lowest BCUT2D eigenvalue weighted by Gasteiger charge is -2.27. The van der Waals surface area contributed by atoms with Crippen molar-refractivity contribution in [1.29, 1.82) is 0 Å². The van der Waals surface area contributed by atoms with Crippen molar-refractivity contribution in [1.82, 2.24) is 8.75 Å². The lowest BCUT2D eigenvalue weighted by molar-refractivity contribution is 0.400. The zero-order chi connectivity index (χ0) is 14.6. The summed E-state index contributed by atoms with van der Waals surface area (Å²) in [6.07, 6.45) is 7.31. The molecular formula is C15H15Cl2N3S. The van der Waals surface area contributed by atoms with Gasteiger partial charge in [0.15, 0.2) is 0 Å². The minimum absolute atomic E-state index is 0.355. The fourth-order valence-electron chi connectivity index (χ4n) is 3.74. The van der Waals surface area contributed by atoms with E-state index in [0.29, 0.717) is 27.9 Å². The van der Waals surface area contributed by atoms with Crippen molar-refractivity contribution in [3.8, 4) is 0 Å². The number of hydrogen-bond donors (Lipinski definition) is 1. The lowest BCUT2D eigenvalue weighted by Crippen LogP contribution is -2.29. The van der Waals surface area contributed by atoms with Gasteiger partial charge in [-0.2, -0.15) is 8.75 Å². The molecule has 4 rings (SSSR count). The fraction of sp³-hybridized carbons (Fsp3) is 0.467. The van der Waals surface area contributed by atoms with Crippen LogP contribution in [0.1, 0.15) is 19.8 Å². The Labute approximate surface area is 137 Å². The van der Waals surface area contributed by atoms with Crippen LogP contribution in [0.3, 0.4) is 0 Å². The molecule has 0 spiro atoms. The van der Waals surface area contributed by atoms with Crippen molar-refractivity contribution in [2.75, 3.05) is 5.32 Å². The van der Waals surface area contributed by atoms with Crippen LogP contribution in [0.5, 0.6) is 0 Å². The first-order chi connectivity index (χ1) is 10.1. The number of rotatable bonds is 3. The smallest absolute Gasteiger partial charge is 0.130 e. The molecule has 2 aromatic rings. The first-order valence-corrected chi connectivity index (χ1v) is 8.67. The molecule has 0 aliphatic heterocycles. The van der Waals surface area contributed by atoms with Crippen LogP contribution >= 0.6 is 34.9 Å². The Morgan fingerprint density at radius 2 is 2.00 bits per heavy atom. The molecule has 1 fully saturated rings. The molecule has 2 bridgehead atoms. The molecule has 0 saturated heterocycles. The number of halogens is 2. The van der Waals surface area contributed by atoms with Crippen molar-refractivity contribution in [2.45, 2.75) is 25.8 Å². The van der Waals surface area contributed by atoms with E-state index < -0.39 is 0 Å². The van der Waals surface area contributed by atoms with Gasteiger partial charge in [0.05, 0.1) is 27.5 Å². The molecule has 1 saturated carbocycles. The highest BCUT2D eigenvalue weighted by Crippen LogP contribution is 2.46. The van der Waals surface area contributed by atoms with E-state index in [1.165, 1.54) is 24.6 Å². The van der Waals surface area contributed by atoms with E-state index in [1.807, 2.05) is 0 Å². The van der Waals surface area contributed by atoms with E-state index >= 15 is 0 Å². The van der Waals surface area contributed by atoms with Crippen LogP contribution in [0.25, 0.3) is 11.0 Å². The zero-order valence-corrected chi connectivity index (χ0v) is 13.8. The maximum Gasteiger partial charge on any atom is 0.130 e. The summed E-state index contributed by atoms with van der Waals surface area (Å²) in [6.45, 7) is 2.23. The second-order valence-corrected chi connectivity index (χ2v) is 7.40. The number of nitrogens with one attached hydrogen (secondary N) is 1. The molecule has 4 unspecified atom stereocenters. The number of allylic oxidation sites excluding steroid dienone is 2. The highest BCUT2D eigenvalue weighted by Gasteiger charge is 2.38. The lowest BCUT2D eigenvalue weighted by atomic mass is 9.87. The normalized spacial score (nSPS) is 28.4. The number of nitrogens with zero attached hydrogens (tertiary/aromatic N) is 2. The first kappa shape index (κ1) is 13.8. The molecule has 2 aliphatic rings. The van der Waals surface area contributed by atoms with Crippen LogP contribution in [-0.4, -0.2) is 14.8 Å². The summed E-state index contributed by atoms with van der Waals surface area (Å²) >= 11 is 13.7. The summed E-state index contributed by atoms with van der Waals surface area (Å²) < 4.78 is 8.60. The Bertz CT molecular complexity index is 727. The molecule has 21 heavy (non-hydrogen) atoms. The van der Waals surface area contributed by atoms with Gasteiger partial charge in [-0.15, -0.1) is 0 Å². The summed E-state index contributed by atoms with van der Waals surface area (Å²) in [6, 6.07) is 2.11. The number of anilines is 1. The Morgan fingerprint density at radius 1 is 1.19 bits per heavy atom. The molecule has 1 aromatic carbocycles. The molecule has 2 aliphatic carbocycles. The van der Waals surface area contributed by atoms with Gasteiger partial charge in [0.25, 0.3) is 0 Å². The van der Waals surface area contributed by atoms with Crippen molar-refractivity contribution in [2.24, 2.45) is 17.8 Å². The SMILES string of the molecule is CC(Nc1c(Cl)cc(Cl)c2nsnc12)C1CC2C=CC1C2. The van der Waals surface area contributed by atoms with Gasteiger partial charge in [-0.25, -0.2) is 0 Å². The summed E-state index contributed by atoms with van der Waals surface area (Å²) in [7, 11) is 0. The second-order valence-electron chi connectivity index (χ2n) is 6.05. The van der Waals surface area contributed by atoms with Gasteiger partial charge in [-0.1, -0.05) is 35.4 Å². The molecule has 1 N–H and O–H groups in total. The number of hydrogen-bond acceptors (Lipinski definition) is 4. The first-order valence-electron chi connectivity index (χ1n) is 7.18. The Kier molecular flexibility index (Phi) is 3.36. The van der Waals surface area contributed by atoms with Crippen LogP contribution in [0, 0.1) is 17.8 Å². The molecule has 0 amide bonds. The monoisotopic (exact) mass is 339 g/mol. The van der Waals surface area contributed by atoms with E-state index in [-0.39, 0.29) is 0 Å². The van der Waals surface area contributed by atoms with E-state index in [9.17, 15) is 0 Å². The van der Waals surface area contributed by atoms with E-state index in [4.69, 9.17) is 23.2 Å². The molecule has 1 aromatic heterocycles. The maximum atomic E-state index is 6.37. The summed E-state index contributed by atoms with van der Waals surface area (Å²) in [5.41, 5.74) is 2.38. The predicted octanol–water partition coefficient (Wildman–Crippen LogP) is 5.01. The molecule has 110 valence electrons. The van der Waals surface area contributed by atoms with Gasteiger partial charge in [-0.3, -0.25) is 0 Å². The predicted molar refractivity (Wildman–Crippen MR) is 89.4 cm³/mol. The average molecular weight is 340 g/mol. The quantitative estimate of drug-likeness (QED) is 0.798. The molecule has 6 heteroatoms. The Hall–Kier alpha value is -0.840. The van der Waals surface area contributed by atoms with Gasteiger partial charge >= 0.3 is 0 Å². The molecule has 1 heterocycles. The third-order valence-corrected chi connectivity index (χ3v) is 5.90. The Morgan fingerprint density at radius 3 is 2.71 bits per heavy atom. The maximum absolute atomic E-state index is 6.37. The van der Waals surface area contributed by atoms with Crippen molar-refractivity contribution >= 4 is 51.7 Å². The minimum Gasteiger partial charge on any atom is -0.379 e. The molecule has 4 atom stereocenters. The second kappa shape index (κ2) is 5.11. The minimum atomic E-state index is 0.355. The van der Waals surface area contributed by atoms with E-state index in [2.05, 4.69) is 33.1 Å². The molecule has 0 radical (unpaired) electrons. The van der Waals surface area contributed by atoms with Crippen LogP contribution in [0.4, 0.5) is 5.69 Å². The van der Waals surface area contributed by atoms with Gasteiger partial charge in [0.1, 0.15) is 11.0 Å². The van der Waals surface area contributed by atoms with Crippen molar-refractivity contribution < 1.29 is 0 Å². The summed E-state index contributed by atoms with van der Waals surface area (Å²) in [5, 5.41) is 4.75. The number of aromatic nitrogens is 2. The van der Waals surface area contributed by atoms with Gasteiger partial charge in [-0.05, 0) is 43.6 Å². The molecular weight excluding hydrogens is 325 g/mol. The van der Waals surface area contributed by atoms with Gasteiger partial charge in [0, 0.05) is 6.04 Å². The standard InChI is InChI=1S/C15H15Cl2N3S/c1-7(10-5-8-2-3-9(10)4-8)18-13-11(16)6-12(17)14-15(13)20-21-19-14/h2-3,6-10,18H,4-5H2,1H3. The zero-order valence-electron chi connectivity index (χ0n) is 11.5. The van der Waals surface area contributed by atoms with E-state index in [0.717, 1.165) is 22.6 Å². The van der Waals surface area contributed by atoms with Crippen molar-refractivity contribution in [3.63, 3.8) is 0 Å². The van der Waals surface area contributed by atoms with Gasteiger partial charge < -0.3 is 5.32 Å². The number of benzene rings is 1.